The van der Waals surface area contributed by atoms with Crippen LogP contribution in [0.4, 0.5) is 22.9 Å². The zero-order valence-electron chi connectivity index (χ0n) is 43.9. The van der Waals surface area contributed by atoms with Crippen molar-refractivity contribution in [2.24, 2.45) is 0 Å². The van der Waals surface area contributed by atoms with Crippen LogP contribution in [0.3, 0.4) is 0 Å². The molecule has 0 spiro atoms. The summed E-state index contributed by atoms with van der Waals surface area (Å²) in [6.45, 7) is 13.1. The Hall–Kier alpha value is -7.47. The molecule has 6 nitrogen and oxygen atoms in total. The van der Waals surface area contributed by atoms with Crippen LogP contribution in [-0.2, 0) is 30.2 Å². The van der Waals surface area contributed by atoms with Crippen molar-refractivity contribution in [1.82, 2.24) is 14.1 Å². The second-order valence-electron chi connectivity index (χ2n) is 19.6. The zero-order chi connectivity index (χ0) is 51.6. The minimum absolute atomic E-state index is 0.153. The van der Waals surface area contributed by atoms with Crippen molar-refractivity contribution >= 4 is 46.4 Å². The fourth-order valence-corrected chi connectivity index (χ4v) is 10.4. The Labute approximate surface area is 428 Å². The van der Waals surface area contributed by atoms with E-state index in [1.165, 1.54) is 11.1 Å². The van der Waals surface area contributed by atoms with Crippen molar-refractivity contribution in [2.45, 2.75) is 52.4 Å². The van der Waals surface area contributed by atoms with Gasteiger partial charge in [-0.3, -0.25) is 0 Å². The quantitative estimate of drug-likeness (QED) is 0.107. The minimum atomic E-state index is -0.330. The van der Waals surface area contributed by atoms with Crippen LogP contribution in [0.5, 0.6) is 11.6 Å². The molecular formula is C62H52BN5OPt-2. The van der Waals surface area contributed by atoms with E-state index in [2.05, 4.69) is 174 Å². The molecule has 0 atom stereocenters. The third-order valence-electron chi connectivity index (χ3n) is 12.9. The molecule has 0 saturated carbocycles. The normalized spacial score (nSPS) is 13.5. The van der Waals surface area contributed by atoms with Crippen molar-refractivity contribution in [1.29, 1.82) is 0 Å². The van der Waals surface area contributed by atoms with E-state index in [1.54, 1.807) is 0 Å². The first-order chi connectivity index (χ1) is 35.6. The third-order valence-corrected chi connectivity index (χ3v) is 13.9. The summed E-state index contributed by atoms with van der Waals surface area (Å²) in [5, 5.41) is 0. The van der Waals surface area contributed by atoms with Crippen LogP contribution in [0.15, 0.2) is 206 Å². The molecule has 0 amide bonds. The molecule has 11 rings (SSSR count). The molecule has 0 N–H and O–H groups in total. The number of hydrogen-bond acceptors (Lipinski definition) is 4. The molecule has 0 unspecified atom stereocenters. The number of ether oxygens (including phenoxy) is 1. The van der Waals surface area contributed by atoms with Crippen LogP contribution in [0.1, 0.15) is 58.2 Å². The molecule has 1 aliphatic rings. The van der Waals surface area contributed by atoms with E-state index in [1.807, 2.05) is 100 Å². The van der Waals surface area contributed by atoms with Gasteiger partial charge >= 0.3 is 346 Å². The van der Waals surface area contributed by atoms with E-state index in [4.69, 9.17) is 12.5 Å². The van der Waals surface area contributed by atoms with Crippen LogP contribution in [0.25, 0.3) is 44.7 Å². The van der Waals surface area contributed by atoms with Gasteiger partial charge in [-0.25, -0.2) is 0 Å². The zero-order valence-corrected chi connectivity index (χ0v) is 42.1. The van der Waals surface area contributed by atoms with Crippen molar-refractivity contribution in [3.05, 3.63) is 233 Å². The summed E-state index contributed by atoms with van der Waals surface area (Å²) in [4.78, 5) is 9.66. The van der Waals surface area contributed by atoms with Gasteiger partial charge in [-0.05, 0) is 12.1 Å². The van der Waals surface area contributed by atoms with Crippen LogP contribution in [0.2, 0.25) is 0 Å². The average Bonchev–Trinajstić information content (AvgIpc) is 3.92. The van der Waals surface area contributed by atoms with Crippen molar-refractivity contribution in [3.63, 3.8) is 0 Å². The van der Waals surface area contributed by atoms with Crippen molar-refractivity contribution < 1.29 is 29.6 Å². The molecule has 0 saturated heterocycles. The molecule has 3 heterocycles. The molecule has 8 aromatic carbocycles. The molecule has 0 radical (unpaired) electrons. The molecule has 346 valence electrons. The van der Waals surface area contributed by atoms with Gasteiger partial charge in [0.25, 0.3) is 0 Å². The molecule has 0 aliphatic carbocycles. The van der Waals surface area contributed by atoms with E-state index in [9.17, 15) is 2.74 Å². The van der Waals surface area contributed by atoms with Crippen LogP contribution in [-0.4, -0.2) is 21.1 Å². The SMILES string of the molecule is [2H]c1c([2H])c([2H])c2c(c1[2H])n(-c1[c-]c(Oc3cccc(N4B(c5ccccc5)N(c5ccccc5)c5ccc[c-]c54)n3)ccc1)[c](=[Pt])n2-c1c(-c2ccccc2)cccc1-c1cc(C(C)(C)C)cc(C(C)(C)C)c1. The summed E-state index contributed by atoms with van der Waals surface area (Å²) in [6, 6.07) is 67.5. The van der Waals surface area contributed by atoms with Gasteiger partial charge in [0.15, 0.2) is 0 Å². The van der Waals surface area contributed by atoms with Gasteiger partial charge in [-0.2, -0.15) is 12.1 Å². The standard InChI is InChI=1S/C62H52BN5O.Pt/c1-61(2,3)46-39-45(40-47(41-46)62(4,5)6)53-32-21-31-52(44-23-10-7-11-24-44)60(53)66-43-65(54-33-16-17-34-55(54)66)50-29-20-30-51(42-50)69-59-38-22-37-58(64-59)68-57-36-19-18-35-56(57)67(49-27-14-9-15-28-49)63(68)48-25-12-8-13-26-48;/h7-35,37-41H,1-6H3;/q-2;/i16D,17D,33D,34D;. The summed E-state index contributed by atoms with van der Waals surface area (Å²) in [5.41, 5.74) is 11.8. The molecule has 8 heteroatoms. The topological polar surface area (TPSA) is 38.5 Å². The predicted molar refractivity (Wildman–Crippen MR) is 285 cm³/mol. The fraction of sp³-hybridized carbons (Fsp3) is 0.129. The summed E-state index contributed by atoms with van der Waals surface area (Å²) in [6.07, 6.45) is 0. The second-order valence-corrected chi connectivity index (χ2v) is 20.6. The monoisotopic (exact) mass is 1090 g/mol. The number of imidazole rings is 1. The van der Waals surface area contributed by atoms with E-state index in [-0.39, 0.29) is 42.0 Å². The first-order valence-electron chi connectivity index (χ1n) is 25.5. The van der Waals surface area contributed by atoms with Gasteiger partial charge in [-0.1, -0.05) is 48.5 Å². The number of rotatable bonds is 9. The summed E-state index contributed by atoms with van der Waals surface area (Å²) < 4.78 is 48.4. The molecule has 2 aromatic heterocycles. The molecule has 1 aliphatic heterocycles. The maximum absolute atomic E-state index is 9.65. The molecule has 0 bridgehead atoms. The Kier molecular flexibility index (Phi) is 10.5. The number of para-hydroxylation sites is 5. The number of anilines is 4. The number of fused-ring (bicyclic) bond motifs is 2. The fourth-order valence-electron chi connectivity index (χ4n) is 9.36. The Balaban J connectivity index is 1.08. The van der Waals surface area contributed by atoms with Gasteiger partial charge < -0.3 is 0 Å². The Bertz CT molecular complexity index is 3800. The summed E-state index contributed by atoms with van der Waals surface area (Å²) in [7, 11) is 0. The van der Waals surface area contributed by atoms with Gasteiger partial charge in [0.2, 0.25) is 0 Å². The van der Waals surface area contributed by atoms with E-state index < -0.39 is 0 Å². The maximum atomic E-state index is 9.65. The number of benzene rings is 8. The molecule has 70 heavy (non-hydrogen) atoms. The van der Waals surface area contributed by atoms with E-state index in [0.29, 0.717) is 38.0 Å². The Morgan fingerprint density at radius 1 is 0.600 bits per heavy atom. The summed E-state index contributed by atoms with van der Waals surface area (Å²) >= 11 is 2.27. The van der Waals surface area contributed by atoms with Gasteiger partial charge in [0.1, 0.15) is 0 Å². The van der Waals surface area contributed by atoms with Crippen LogP contribution < -0.4 is 19.8 Å². The number of pyridine rings is 1. The van der Waals surface area contributed by atoms with Crippen molar-refractivity contribution in [2.75, 3.05) is 9.62 Å². The molecular weight excluding hydrogens is 1040 g/mol. The van der Waals surface area contributed by atoms with Crippen LogP contribution >= 0.6 is 0 Å². The average molecular weight is 1090 g/mol. The van der Waals surface area contributed by atoms with Gasteiger partial charge in [0, 0.05) is 5.69 Å². The first-order valence-corrected chi connectivity index (χ1v) is 24.6. The first kappa shape index (κ1) is 40.4. The van der Waals surface area contributed by atoms with Gasteiger partial charge in [-0.15, -0.1) is 6.07 Å². The molecule has 0 fully saturated rings. The number of nitrogens with zero attached hydrogens (tertiary/aromatic N) is 5. The number of aromatic nitrogens is 3. The second kappa shape index (κ2) is 18.1. The predicted octanol–water partition coefficient (Wildman–Crippen LogP) is 14.9. The van der Waals surface area contributed by atoms with Gasteiger partial charge in [0.05, 0.1) is 0 Å². The Morgan fingerprint density at radius 2 is 1.21 bits per heavy atom. The molecule has 10 aromatic rings. The Morgan fingerprint density at radius 3 is 1.90 bits per heavy atom. The number of hydrogen-bond donors (Lipinski definition) is 0. The van der Waals surface area contributed by atoms with E-state index >= 15 is 0 Å². The third kappa shape index (κ3) is 8.32. The van der Waals surface area contributed by atoms with E-state index in [0.717, 1.165) is 50.5 Å². The van der Waals surface area contributed by atoms with Crippen molar-refractivity contribution in [3.8, 4) is 45.3 Å². The summed E-state index contributed by atoms with van der Waals surface area (Å²) in [5.74, 6) is 1.37. The van der Waals surface area contributed by atoms with Crippen LogP contribution in [0, 0.1) is 15.9 Å².